The van der Waals surface area contributed by atoms with Crippen LogP contribution in [0.3, 0.4) is 0 Å². The maximum absolute atomic E-state index is 10.9. The zero-order chi connectivity index (χ0) is 10.3. The molecule has 0 fully saturated rings. The van der Waals surface area contributed by atoms with Crippen LogP contribution in [0.5, 0.6) is 0 Å². The summed E-state index contributed by atoms with van der Waals surface area (Å²) in [5, 5.41) is 27.5. The van der Waals surface area contributed by atoms with Crippen LogP contribution >= 0.6 is 7.75 Å². The molecule has 0 aliphatic rings. The first-order chi connectivity index (χ1) is 6.02. The molecule has 7 nitrogen and oxygen atoms in total. The summed E-state index contributed by atoms with van der Waals surface area (Å²) in [6, 6.07) is 0. The summed E-state index contributed by atoms with van der Waals surface area (Å²) in [5.74, 6) is 0. The Bertz CT molecular complexity index is 176. The van der Waals surface area contributed by atoms with Crippen LogP contribution in [-0.2, 0) is 9.09 Å². The summed E-state index contributed by atoms with van der Waals surface area (Å²) in [6.45, 7) is -1.36. The van der Waals surface area contributed by atoms with Crippen molar-refractivity contribution in [2.24, 2.45) is 0 Å². The molecular formula is C5H14NO6P. The first kappa shape index (κ1) is 13.0. The van der Waals surface area contributed by atoms with E-state index in [4.69, 9.17) is 20.2 Å². The summed E-state index contributed by atoms with van der Waals surface area (Å²) in [6.07, 6.45) is -1.18. The molecule has 8 heteroatoms. The van der Waals surface area contributed by atoms with Crippen LogP contribution in [-0.4, -0.2) is 52.7 Å². The summed E-state index contributed by atoms with van der Waals surface area (Å²) in [7, 11) is -3.96. The summed E-state index contributed by atoms with van der Waals surface area (Å²) in [5.41, 5.74) is 0. The normalized spacial score (nSPS) is 18.2. The molecule has 2 atom stereocenters. The Labute approximate surface area is 75.6 Å². The Morgan fingerprint density at radius 1 is 1.46 bits per heavy atom. The molecular weight excluding hydrogens is 201 g/mol. The topological polar surface area (TPSA) is 119 Å². The van der Waals surface area contributed by atoms with Crippen molar-refractivity contribution in [2.75, 3.05) is 26.4 Å². The third-order valence-corrected chi connectivity index (χ3v) is 2.20. The number of nitrogens with one attached hydrogen (secondary N) is 1. The molecule has 0 bridgehead atoms. The smallest absolute Gasteiger partial charge is 0.395 e. The van der Waals surface area contributed by atoms with Crippen molar-refractivity contribution in [3.05, 3.63) is 0 Å². The van der Waals surface area contributed by atoms with Gasteiger partial charge in [-0.15, -0.1) is 0 Å². The molecule has 0 saturated carbocycles. The molecule has 0 saturated heterocycles. The van der Waals surface area contributed by atoms with E-state index in [1.165, 1.54) is 0 Å². The molecule has 0 aromatic carbocycles. The minimum absolute atomic E-state index is 0.0804. The van der Waals surface area contributed by atoms with Crippen LogP contribution in [0.4, 0.5) is 0 Å². The molecule has 0 aliphatic carbocycles. The maximum atomic E-state index is 10.9. The zero-order valence-electron chi connectivity index (χ0n) is 6.96. The van der Waals surface area contributed by atoms with E-state index in [1.54, 1.807) is 0 Å². The highest BCUT2D eigenvalue weighted by Gasteiger charge is 2.19. The highest BCUT2D eigenvalue weighted by molar-refractivity contribution is 7.50. The van der Waals surface area contributed by atoms with Crippen LogP contribution in [0.15, 0.2) is 0 Å². The van der Waals surface area contributed by atoms with Gasteiger partial charge in [-0.2, -0.15) is 0 Å². The Morgan fingerprint density at radius 2 is 2.08 bits per heavy atom. The zero-order valence-corrected chi connectivity index (χ0v) is 7.85. The molecule has 0 aromatic heterocycles. The molecule has 0 spiro atoms. The standard InChI is InChI=1S/C5H14NO6P/c7-2-1-6-13(10,11)12-4-5(9)3-8/h5,7-9H,1-4H2,(H2,6,10,11). The van der Waals surface area contributed by atoms with Crippen molar-refractivity contribution >= 4 is 7.75 Å². The Hall–Kier alpha value is -0.0100. The molecule has 2 unspecified atom stereocenters. The lowest BCUT2D eigenvalue weighted by molar-refractivity contribution is 0.0484. The van der Waals surface area contributed by atoms with Gasteiger partial charge < -0.3 is 20.2 Å². The van der Waals surface area contributed by atoms with Crippen LogP contribution in [0.1, 0.15) is 0 Å². The first-order valence-electron chi connectivity index (χ1n) is 3.64. The quantitative estimate of drug-likeness (QED) is 0.313. The van der Waals surface area contributed by atoms with Gasteiger partial charge in [0.15, 0.2) is 0 Å². The van der Waals surface area contributed by atoms with E-state index >= 15 is 0 Å². The van der Waals surface area contributed by atoms with Crippen LogP contribution in [0, 0.1) is 0 Å². The predicted molar refractivity (Wildman–Crippen MR) is 44.0 cm³/mol. The molecule has 5 N–H and O–H groups in total. The maximum Gasteiger partial charge on any atom is 0.403 e. The second-order valence-electron chi connectivity index (χ2n) is 2.28. The highest BCUT2D eigenvalue weighted by atomic mass is 31.2. The molecule has 0 amide bonds. The summed E-state index contributed by atoms with van der Waals surface area (Å²) < 4.78 is 15.3. The highest BCUT2D eigenvalue weighted by Crippen LogP contribution is 2.36. The fraction of sp³-hybridized carbons (Fsp3) is 1.00. The third-order valence-electron chi connectivity index (χ3n) is 1.08. The lowest BCUT2D eigenvalue weighted by Gasteiger charge is -2.14. The summed E-state index contributed by atoms with van der Waals surface area (Å²) >= 11 is 0. The van der Waals surface area contributed by atoms with Crippen molar-refractivity contribution in [3.8, 4) is 0 Å². The molecule has 0 aromatic rings. The van der Waals surface area contributed by atoms with Gasteiger partial charge in [0, 0.05) is 6.54 Å². The Balaban J connectivity index is 3.68. The second kappa shape index (κ2) is 6.44. The van der Waals surface area contributed by atoms with Crippen LogP contribution < -0.4 is 5.09 Å². The molecule has 13 heavy (non-hydrogen) atoms. The number of hydrogen-bond acceptors (Lipinski definition) is 5. The van der Waals surface area contributed by atoms with Crippen LogP contribution in [0.2, 0.25) is 0 Å². The second-order valence-corrected chi connectivity index (χ2v) is 3.90. The number of hydrogen-bond donors (Lipinski definition) is 5. The Kier molecular flexibility index (Phi) is 6.44. The van der Waals surface area contributed by atoms with E-state index in [2.05, 4.69) is 4.52 Å². The Morgan fingerprint density at radius 3 is 2.54 bits per heavy atom. The lowest BCUT2D eigenvalue weighted by Crippen LogP contribution is -2.22. The van der Waals surface area contributed by atoms with E-state index in [0.29, 0.717) is 0 Å². The largest absolute Gasteiger partial charge is 0.403 e. The summed E-state index contributed by atoms with van der Waals surface area (Å²) in [4.78, 5) is 8.91. The minimum atomic E-state index is -3.96. The molecule has 0 rings (SSSR count). The van der Waals surface area contributed by atoms with Crippen molar-refractivity contribution in [1.82, 2.24) is 5.09 Å². The number of aliphatic hydroxyl groups excluding tert-OH is 3. The first-order valence-corrected chi connectivity index (χ1v) is 5.22. The van der Waals surface area contributed by atoms with Gasteiger partial charge in [-0.05, 0) is 0 Å². The third kappa shape index (κ3) is 7.09. The molecule has 80 valence electrons. The number of aliphatic hydroxyl groups is 3. The van der Waals surface area contributed by atoms with Crippen molar-refractivity contribution in [2.45, 2.75) is 6.10 Å². The van der Waals surface area contributed by atoms with Gasteiger partial charge in [-0.1, -0.05) is 0 Å². The van der Waals surface area contributed by atoms with Gasteiger partial charge in [0.05, 0.1) is 19.8 Å². The fourth-order valence-electron chi connectivity index (χ4n) is 0.477. The molecule has 0 aliphatic heterocycles. The van der Waals surface area contributed by atoms with E-state index in [0.717, 1.165) is 0 Å². The van der Waals surface area contributed by atoms with Gasteiger partial charge in [0.2, 0.25) is 0 Å². The monoisotopic (exact) mass is 215 g/mol. The predicted octanol–water partition coefficient (Wildman–Crippen LogP) is -1.96. The van der Waals surface area contributed by atoms with Crippen molar-refractivity contribution in [3.63, 3.8) is 0 Å². The van der Waals surface area contributed by atoms with Crippen molar-refractivity contribution in [1.29, 1.82) is 0 Å². The van der Waals surface area contributed by atoms with E-state index in [1.807, 2.05) is 5.09 Å². The van der Waals surface area contributed by atoms with Crippen LogP contribution in [0.25, 0.3) is 0 Å². The van der Waals surface area contributed by atoms with Crippen molar-refractivity contribution < 1.29 is 29.3 Å². The minimum Gasteiger partial charge on any atom is -0.395 e. The average Bonchev–Trinajstić information content (AvgIpc) is 2.11. The molecule has 0 radical (unpaired) electrons. The van der Waals surface area contributed by atoms with Gasteiger partial charge in [-0.25, -0.2) is 9.65 Å². The van der Waals surface area contributed by atoms with Gasteiger partial charge in [0.1, 0.15) is 6.10 Å². The van der Waals surface area contributed by atoms with Gasteiger partial charge in [0.25, 0.3) is 0 Å². The van der Waals surface area contributed by atoms with E-state index in [-0.39, 0.29) is 13.2 Å². The SMILES string of the molecule is O=P(O)(NCCO)OCC(O)CO. The van der Waals surface area contributed by atoms with Gasteiger partial charge >= 0.3 is 7.75 Å². The number of rotatable bonds is 7. The fourth-order valence-corrected chi connectivity index (χ4v) is 1.32. The van der Waals surface area contributed by atoms with E-state index < -0.39 is 27.1 Å². The average molecular weight is 215 g/mol. The van der Waals surface area contributed by atoms with E-state index in [9.17, 15) is 4.57 Å². The lowest BCUT2D eigenvalue weighted by atomic mass is 10.4. The van der Waals surface area contributed by atoms with Gasteiger partial charge in [-0.3, -0.25) is 4.52 Å². The molecule has 0 heterocycles.